The van der Waals surface area contributed by atoms with Crippen LogP contribution in [0.2, 0.25) is 0 Å². The van der Waals surface area contributed by atoms with E-state index in [9.17, 15) is 5.11 Å². The van der Waals surface area contributed by atoms with Gasteiger partial charge in [0.15, 0.2) is 0 Å². The van der Waals surface area contributed by atoms with Crippen LogP contribution in [-0.2, 0) is 11.3 Å². The van der Waals surface area contributed by atoms with Gasteiger partial charge < -0.3 is 25.4 Å². The Balaban J connectivity index is 2.52. The van der Waals surface area contributed by atoms with Gasteiger partial charge in [-0.05, 0) is 12.5 Å². The SMILES string of the molecule is COCC(CCO)NCc1ccc(O)cc1O. The van der Waals surface area contributed by atoms with Crippen molar-refractivity contribution in [1.82, 2.24) is 5.32 Å². The lowest BCUT2D eigenvalue weighted by Crippen LogP contribution is -2.33. The second kappa shape index (κ2) is 7.11. The van der Waals surface area contributed by atoms with Crippen LogP contribution in [0.3, 0.4) is 0 Å². The smallest absolute Gasteiger partial charge is 0.123 e. The van der Waals surface area contributed by atoms with Gasteiger partial charge in [-0.3, -0.25) is 0 Å². The van der Waals surface area contributed by atoms with Crippen molar-refractivity contribution in [3.63, 3.8) is 0 Å². The van der Waals surface area contributed by atoms with Crippen LogP contribution in [0.15, 0.2) is 18.2 Å². The molecule has 0 bridgehead atoms. The van der Waals surface area contributed by atoms with Crippen molar-refractivity contribution in [2.75, 3.05) is 20.3 Å². The molecule has 0 saturated carbocycles. The van der Waals surface area contributed by atoms with Gasteiger partial charge in [0.25, 0.3) is 0 Å². The molecule has 0 heterocycles. The van der Waals surface area contributed by atoms with Gasteiger partial charge in [-0.1, -0.05) is 6.07 Å². The Labute approximate surface area is 101 Å². The molecule has 1 aromatic rings. The van der Waals surface area contributed by atoms with E-state index in [4.69, 9.17) is 14.9 Å². The predicted molar refractivity (Wildman–Crippen MR) is 64.0 cm³/mol. The van der Waals surface area contributed by atoms with Crippen LogP contribution in [0.4, 0.5) is 0 Å². The van der Waals surface area contributed by atoms with Crippen LogP contribution in [-0.4, -0.2) is 41.7 Å². The summed E-state index contributed by atoms with van der Waals surface area (Å²) in [7, 11) is 1.60. The van der Waals surface area contributed by atoms with E-state index in [-0.39, 0.29) is 24.1 Å². The van der Waals surface area contributed by atoms with Crippen molar-refractivity contribution in [2.45, 2.75) is 19.0 Å². The van der Waals surface area contributed by atoms with E-state index in [0.29, 0.717) is 25.1 Å². The second-order valence-corrected chi connectivity index (χ2v) is 3.86. The largest absolute Gasteiger partial charge is 0.508 e. The lowest BCUT2D eigenvalue weighted by molar-refractivity contribution is 0.148. The average Bonchev–Trinajstić information content (AvgIpc) is 2.28. The fourth-order valence-corrected chi connectivity index (χ4v) is 1.56. The number of benzene rings is 1. The molecule has 0 aliphatic carbocycles. The number of hydrogen-bond donors (Lipinski definition) is 4. The summed E-state index contributed by atoms with van der Waals surface area (Å²) in [5, 5.41) is 30.8. The Morgan fingerprint density at radius 1 is 1.35 bits per heavy atom. The van der Waals surface area contributed by atoms with Crippen molar-refractivity contribution in [3.05, 3.63) is 23.8 Å². The fourth-order valence-electron chi connectivity index (χ4n) is 1.56. The highest BCUT2D eigenvalue weighted by molar-refractivity contribution is 5.38. The summed E-state index contributed by atoms with van der Waals surface area (Å²) in [5.41, 5.74) is 0.696. The number of nitrogens with one attached hydrogen (secondary N) is 1. The summed E-state index contributed by atoms with van der Waals surface area (Å²) in [5.74, 6) is 0.0905. The van der Waals surface area contributed by atoms with Crippen LogP contribution in [0.25, 0.3) is 0 Å². The Hall–Kier alpha value is -1.30. The first-order valence-electron chi connectivity index (χ1n) is 5.51. The van der Waals surface area contributed by atoms with E-state index in [1.54, 1.807) is 13.2 Å². The number of methoxy groups -OCH3 is 1. The number of aliphatic hydroxyl groups is 1. The zero-order chi connectivity index (χ0) is 12.7. The molecule has 0 aromatic heterocycles. The van der Waals surface area contributed by atoms with E-state index in [2.05, 4.69) is 5.32 Å². The zero-order valence-corrected chi connectivity index (χ0v) is 9.89. The average molecular weight is 241 g/mol. The number of phenolic OH excluding ortho intramolecular Hbond substituents is 2. The molecular weight excluding hydrogens is 222 g/mol. The fraction of sp³-hybridized carbons (Fsp3) is 0.500. The van der Waals surface area contributed by atoms with Crippen LogP contribution in [0.5, 0.6) is 11.5 Å². The maximum atomic E-state index is 9.58. The third kappa shape index (κ3) is 4.60. The van der Waals surface area contributed by atoms with E-state index in [0.717, 1.165) is 0 Å². The van der Waals surface area contributed by atoms with Gasteiger partial charge in [-0.25, -0.2) is 0 Å². The number of phenols is 2. The van der Waals surface area contributed by atoms with Gasteiger partial charge in [-0.2, -0.15) is 0 Å². The molecule has 5 nitrogen and oxygen atoms in total. The third-order valence-corrected chi connectivity index (χ3v) is 2.50. The van der Waals surface area contributed by atoms with E-state index in [1.165, 1.54) is 12.1 Å². The van der Waals surface area contributed by atoms with Gasteiger partial charge >= 0.3 is 0 Å². The molecule has 0 aliphatic rings. The monoisotopic (exact) mass is 241 g/mol. The highest BCUT2D eigenvalue weighted by atomic mass is 16.5. The van der Waals surface area contributed by atoms with Gasteiger partial charge in [0.05, 0.1) is 6.61 Å². The number of aliphatic hydroxyl groups excluding tert-OH is 1. The first-order valence-corrected chi connectivity index (χ1v) is 5.51. The topological polar surface area (TPSA) is 82.0 Å². The number of aromatic hydroxyl groups is 2. The van der Waals surface area contributed by atoms with Gasteiger partial charge in [0, 0.05) is 37.9 Å². The molecule has 0 saturated heterocycles. The standard InChI is InChI=1S/C12H19NO4/c1-17-8-10(4-5-14)13-7-9-2-3-11(15)6-12(9)16/h2-3,6,10,13-16H,4-5,7-8H2,1H3. The molecule has 0 radical (unpaired) electrons. The molecule has 1 unspecified atom stereocenters. The number of ether oxygens (including phenoxy) is 1. The Bertz CT molecular complexity index is 337. The second-order valence-electron chi connectivity index (χ2n) is 3.86. The van der Waals surface area contributed by atoms with E-state index in [1.807, 2.05) is 0 Å². The summed E-state index contributed by atoms with van der Waals surface area (Å²) < 4.78 is 5.02. The van der Waals surface area contributed by atoms with Gasteiger partial charge in [-0.15, -0.1) is 0 Å². The first-order chi connectivity index (χ1) is 8.17. The summed E-state index contributed by atoms with van der Waals surface area (Å²) in [6.45, 7) is 1.04. The molecule has 17 heavy (non-hydrogen) atoms. The van der Waals surface area contributed by atoms with Crippen LogP contribution < -0.4 is 5.32 Å². The van der Waals surface area contributed by atoms with Crippen LogP contribution in [0, 0.1) is 0 Å². The summed E-state index contributed by atoms with van der Waals surface area (Å²) in [4.78, 5) is 0. The molecule has 1 aromatic carbocycles. The van der Waals surface area contributed by atoms with Crippen molar-refractivity contribution in [3.8, 4) is 11.5 Å². The summed E-state index contributed by atoms with van der Waals surface area (Å²) in [6, 6.07) is 4.52. The maximum absolute atomic E-state index is 9.58. The lowest BCUT2D eigenvalue weighted by Gasteiger charge is -2.17. The highest BCUT2D eigenvalue weighted by Crippen LogP contribution is 2.22. The first kappa shape index (κ1) is 13.8. The molecule has 0 spiro atoms. The molecule has 0 fully saturated rings. The van der Waals surface area contributed by atoms with E-state index < -0.39 is 0 Å². The van der Waals surface area contributed by atoms with Crippen molar-refractivity contribution in [2.24, 2.45) is 0 Å². The van der Waals surface area contributed by atoms with Crippen molar-refractivity contribution >= 4 is 0 Å². The molecule has 4 N–H and O–H groups in total. The van der Waals surface area contributed by atoms with E-state index >= 15 is 0 Å². The molecule has 96 valence electrons. The lowest BCUT2D eigenvalue weighted by atomic mass is 10.1. The number of rotatable bonds is 7. The van der Waals surface area contributed by atoms with Crippen molar-refractivity contribution < 1.29 is 20.1 Å². The van der Waals surface area contributed by atoms with Crippen LogP contribution in [0.1, 0.15) is 12.0 Å². The normalized spacial score (nSPS) is 12.6. The summed E-state index contributed by atoms with van der Waals surface area (Å²) in [6.07, 6.45) is 0.590. The zero-order valence-electron chi connectivity index (χ0n) is 9.89. The minimum atomic E-state index is 0.0371. The molecular formula is C12H19NO4. The van der Waals surface area contributed by atoms with Gasteiger partial charge in [0.1, 0.15) is 11.5 Å². The van der Waals surface area contributed by atoms with Crippen molar-refractivity contribution in [1.29, 1.82) is 0 Å². The predicted octanol–water partition coefficient (Wildman–Crippen LogP) is 0.585. The Morgan fingerprint density at radius 3 is 2.71 bits per heavy atom. The molecule has 1 rings (SSSR count). The maximum Gasteiger partial charge on any atom is 0.123 e. The van der Waals surface area contributed by atoms with Crippen LogP contribution >= 0.6 is 0 Å². The third-order valence-electron chi connectivity index (χ3n) is 2.50. The molecule has 0 amide bonds. The molecule has 1 atom stereocenters. The minimum absolute atomic E-state index is 0.0371. The minimum Gasteiger partial charge on any atom is -0.508 e. The highest BCUT2D eigenvalue weighted by Gasteiger charge is 2.09. The Morgan fingerprint density at radius 2 is 2.12 bits per heavy atom. The number of hydrogen-bond acceptors (Lipinski definition) is 5. The summed E-state index contributed by atoms with van der Waals surface area (Å²) >= 11 is 0. The molecule has 0 aliphatic heterocycles. The quantitative estimate of drug-likeness (QED) is 0.561. The Kier molecular flexibility index (Phi) is 5.76. The van der Waals surface area contributed by atoms with Gasteiger partial charge in [0.2, 0.25) is 0 Å². The molecule has 5 heteroatoms.